The molecule has 1 fully saturated rings. The molecule has 0 bridgehead atoms. The molecule has 3 heterocycles. The average Bonchev–Trinajstić information content (AvgIpc) is 3.42. The minimum Gasteiger partial charge on any atom is -0.497 e. The molecule has 1 saturated heterocycles. The quantitative estimate of drug-likeness (QED) is 0.598. The van der Waals surface area contributed by atoms with Crippen molar-refractivity contribution in [2.75, 3.05) is 32.6 Å². The first kappa shape index (κ1) is 20.8. The predicted molar refractivity (Wildman–Crippen MR) is 115 cm³/mol. The van der Waals surface area contributed by atoms with Crippen LogP contribution in [0.2, 0.25) is 0 Å². The fourth-order valence-corrected chi connectivity index (χ4v) is 3.87. The highest BCUT2D eigenvalue weighted by atomic mass is 16.6. The van der Waals surface area contributed by atoms with Crippen LogP contribution in [0.4, 0.5) is 5.95 Å². The molecule has 1 amide bonds. The van der Waals surface area contributed by atoms with Crippen LogP contribution in [0.25, 0.3) is 11.1 Å². The third-order valence-corrected chi connectivity index (χ3v) is 5.54. The monoisotopic (exact) mass is 422 g/mol. The van der Waals surface area contributed by atoms with Crippen molar-refractivity contribution in [3.8, 4) is 16.9 Å². The lowest BCUT2D eigenvalue weighted by Crippen LogP contribution is -2.33. The van der Waals surface area contributed by atoms with Crippen LogP contribution in [-0.4, -0.2) is 58.8 Å². The number of hydrogen-bond acceptors (Lipinski definition) is 8. The maximum Gasteiger partial charge on any atom is 0.229 e. The first-order valence-electron chi connectivity index (χ1n) is 10.2. The topological polar surface area (TPSA) is 97.5 Å². The van der Waals surface area contributed by atoms with Gasteiger partial charge in [0, 0.05) is 32.4 Å². The van der Waals surface area contributed by atoms with E-state index in [0.717, 1.165) is 35.4 Å². The SMILES string of the molecule is COc1cccc(-c2cnc(N(C)C)nc2[C@@H]2CCCN2C(=O)Cc2nonc2C)c1. The number of ether oxygens (including phenoxy) is 1. The second kappa shape index (κ2) is 8.71. The van der Waals surface area contributed by atoms with Gasteiger partial charge in [0.1, 0.15) is 17.1 Å². The van der Waals surface area contributed by atoms with Crippen LogP contribution in [0.1, 0.15) is 36.0 Å². The van der Waals surface area contributed by atoms with Gasteiger partial charge in [0.2, 0.25) is 11.9 Å². The van der Waals surface area contributed by atoms with Gasteiger partial charge >= 0.3 is 0 Å². The van der Waals surface area contributed by atoms with Crippen LogP contribution in [0.3, 0.4) is 0 Å². The van der Waals surface area contributed by atoms with Crippen molar-refractivity contribution in [1.29, 1.82) is 0 Å². The molecule has 0 saturated carbocycles. The van der Waals surface area contributed by atoms with Crippen molar-refractivity contribution in [1.82, 2.24) is 25.2 Å². The van der Waals surface area contributed by atoms with E-state index in [4.69, 9.17) is 14.3 Å². The van der Waals surface area contributed by atoms with E-state index in [0.29, 0.717) is 23.9 Å². The van der Waals surface area contributed by atoms with E-state index in [9.17, 15) is 4.79 Å². The van der Waals surface area contributed by atoms with Crippen molar-refractivity contribution >= 4 is 11.9 Å². The van der Waals surface area contributed by atoms with Crippen molar-refractivity contribution in [2.45, 2.75) is 32.2 Å². The fourth-order valence-electron chi connectivity index (χ4n) is 3.87. The molecule has 1 aliphatic heterocycles. The molecule has 1 aromatic carbocycles. The average molecular weight is 422 g/mol. The molecule has 2 aromatic heterocycles. The molecule has 31 heavy (non-hydrogen) atoms. The molecule has 0 N–H and O–H groups in total. The van der Waals surface area contributed by atoms with E-state index in [1.807, 2.05) is 54.4 Å². The lowest BCUT2D eigenvalue weighted by molar-refractivity contribution is -0.131. The summed E-state index contributed by atoms with van der Waals surface area (Å²) in [5.74, 6) is 1.36. The number of carbonyl (C=O) groups excluding carboxylic acids is 1. The molecular weight excluding hydrogens is 396 g/mol. The van der Waals surface area contributed by atoms with Crippen molar-refractivity contribution < 1.29 is 14.2 Å². The Morgan fingerprint density at radius 3 is 2.87 bits per heavy atom. The summed E-state index contributed by atoms with van der Waals surface area (Å²) in [5, 5.41) is 7.65. The summed E-state index contributed by atoms with van der Waals surface area (Å²) in [4.78, 5) is 26.3. The Hall–Kier alpha value is -3.49. The molecule has 9 nitrogen and oxygen atoms in total. The van der Waals surface area contributed by atoms with Gasteiger partial charge < -0.3 is 14.5 Å². The van der Waals surface area contributed by atoms with Crippen molar-refractivity contribution in [2.24, 2.45) is 0 Å². The first-order valence-corrected chi connectivity index (χ1v) is 10.2. The maximum absolute atomic E-state index is 13.2. The fraction of sp³-hybridized carbons (Fsp3) is 0.409. The summed E-state index contributed by atoms with van der Waals surface area (Å²) in [7, 11) is 5.45. The molecule has 162 valence electrons. The van der Waals surface area contributed by atoms with Crippen molar-refractivity contribution in [3.63, 3.8) is 0 Å². The molecule has 3 aromatic rings. The zero-order valence-electron chi connectivity index (χ0n) is 18.2. The van der Waals surface area contributed by atoms with Crippen LogP contribution >= 0.6 is 0 Å². The normalized spacial score (nSPS) is 15.9. The number of benzene rings is 1. The Balaban J connectivity index is 1.72. The summed E-state index contributed by atoms with van der Waals surface area (Å²) >= 11 is 0. The highest BCUT2D eigenvalue weighted by molar-refractivity contribution is 5.80. The number of nitrogens with zero attached hydrogens (tertiary/aromatic N) is 6. The van der Waals surface area contributed by atoms with E-state index in [1.165, 1.54) is 0 Å². The molecule has 0 aliphatic carbocycles. The third-order valence-electron chi connectivity index (χ3n) is 5.54. The number of rotatable bonds is 6. The first-order chi connectivity index (χ1) is 15.0. The number of likely N-dealkylation sites (tertiary alicyclic amines) is 1. The molecule has 4 rings (SSSR count). The molecule has 1 atom stereocenters. The van der Waals surface area contributed by atoms with E-state index in [2.05, 4.69) is 15.3 Å². The molecule has 0 unspecified atom stereocenters. The van der Waals surface area contributed by atoms with Gasteiger partial charge in [-0.25, -0.2) is 14.6 Å². The Labute approximate surface area is 181 Å². The van der Waals surface area contributed by atoms with E-state index in [1.54, 1.807) is 14.0 Å². The Morgan fingerprint density at radius 2 is 2.16 bits per heavy atom. The van der Waals surface area contributed by atoms with Gasteiger partial charge in [-0.1, -0.05) is 22.4 Å². The zero-order valence-corrected chi connectivity index (χ0v) is 18.2. The largest absolute Gasteiger partial charge is 0.497 e. The number of amides is 1. The van der Waals surface area contributed by atoms with Gasteiger partial charge in [-0.05, 0) is 37.5 Å². The second-order valence-electron chi connectivity index (χ2n) is 7.81. The van der Waals surface area contributed by atoms with Crippen LogP contribution in [0.5, 0.6) is 5.75 Å². The van der Waals surface area contributed by atoms with Gasteiger partial charge in [0.25, 0.3) is 0 Å². The van der Waals surface area contributed by atoms with E-state index >= 15 is 0 Å². The van der Waals surface area contributed by atoms with E-state index < -0.39 is 0 Å². The highest BCUT2D eigenvalue weighted by Crippen LogP contribution is 2.38. The Morgan fingerprint density at radius 1 is 1.32 bits per heavy atom. The number of aryl methyl sites for hydroxylation is 1. The predicted octanol–water partition coefficient (Wildman–Crippen LogP) is 2.82. The third kappa shape index (κ3) is 4.21. The number of carbonyl (C=O) groups is 1. The lowest BCUT2D eigenvalue weighted by Gasteiger charge is -2.26. The summed E-state index contributed by atoms with van der Waals surface area (Å²) in [5.41, 5.74) is 3.90. The van der Waals surface area contributed by atoms with Crippen LogP contribution < -0.4 is 9.64 Å². The minimum atomic E-state index is -0.143. The van der Waals surface area contributed by atoms with Crippen molar-refractivity contribution in [3.05, 3.63) is 47.5 Å². The molecule has 9 heteroatoms. The number of anilines is 1. The van der Waals surface area contributed by atoms with Gasteiger partial charge in [-0.15, -0.1) is 0 Å². The second-order valence-corrected chi connectivity index (χ2v) is 7.81. The number of aromatic nitrogens is 4. The summed E-state index contributed by atoms with van der Waals surface area (Å²) in [6.07, 6.45) is 3.74. The van der Waals surface area contributed by atoms with Gasteiger partial charge in [0.05, 0.1) is 25.3 Å². The zero-order chi connectivity index (χ0) is 22.0. The smallest absolute Gasteiger partial charge is 0.229 e. The van der Waals surface area contributed by atoms with Gasteiger partial charge in [0.15, 0.2) is 0 Å². The lowest BCUT2D eigenvalue weighted by atomic mass is 9.99. The summed E-state index contributed by atoms with van der Waals surface area (Å²) in [6.45, 7) is 2.46. The summed E-state index contributed by atoms with van der Waals surface area (Å²) in [6, 6.07) is 7.66. The summed E-state index contributed by atoms with van der Waals surface area (Å²) < 4.78 is 10.2. The Kier molecular flexibility index (Phi) is 5.83. The molecule has 0 radical (unpaired) electrons. The van der Waals surface area contributed by atoms with Crippen LogP contribution in [0.15, 0.2) is 35.1 Å². The van der Waals surface area contributed by atoms with Crippen LogP contribution in [0, 0.1) is 6.92 Å². The molecule has 0 spiro atoms. The highest BCUT2D eigenvalue weighted by Gasteiger charge is 2.34. The maximum atomic E-state index is 13.2. The Bertz CT molecular complexity index is 1080. The molecule has 1 aliphatic rings. The van der Waals surface area contributed by atoms with Crippen LogP contribution in [-0.2, 0) is 11.2 Å². The standard InChI is InChI=1S/C22H26N6O3/c1-14-18(26-31-25-14)12-20(29)28-10-6-9-19(28)21-17(13-23-22(24-21)27(2)3)15-7-5-8-16(11-15)30-4/h5,7-8,11,13,19H,6,9-10,12H2,1-4H3/t19-/m0/s1. The number of hydrogen-bond donors (Lipinski definition) is 0. The van der Waals surface area contributed by atoms with Gasteiger partial charge in [-0.2, -0.15) is 0 Å². The van der Waals surface area contributed by atoms with E-state index in [-0.39, 0.29) is 18.4 Å². The molecular formula is C22H26N6O3. The minimum absolute atomic E-state index is 0.0112. The number of methoxy groups -OCH3 is 1. The van der Waals surface area contributed by atoms with Gasteiger partial charge in [-0.3, -0.25) is 4.79 Å².